The third-order valence-electron chi connectivity index (χ3n) is 2.42. The van der Waals surface area contributed by atoms with E-state index in [1.54, 1.807) is 44.4 Å². The van der Waals surface area contributed by atoms with Crippen molar-refractivity contribution in [3.8, 4) is 6.07 Å². The first-order valence-electron chi connectivity index (χ1n) is 5.76. The lowest BCUT2D eigenvalue weighted by atomic mass is 10.2. The van der Waals surface area contributed by atoms with Crippen molar-refractivity contribution < 1.29 is 14.3 Å². The summed E-state index contributed by atoms with van der Waals surface area (Å²) in [6.07, 6.45) is 1.24. The number of esters is 1. The second-order valence-corrected chi connectivity index (χ2v) is 4.09. The molecular weight excluding hydrogens is 258 g/mol. The van der Waals surface area contributed by atoms with Gasteiger partial charge in [0.1, 0.15) is 6.07 Å². The topological polar surface area (TPSA) is 82.4 Å². The van der Waals surface area contributed by atoms with Gasteiger partial charge in [-0.25, -0.2) is 4.79 Å². The lowest BCUT2D eigenvalue weighted by Crippen LogP contribution is -2.21. The Morgan fingerprint density at radius 1 is 1.40 bits per heavy atom. The maximum absolute atomic E-state index is 11.8. The molecule has 1 rings (SSSR count). The number of hydrogen-bond acceptors (Lipinski definition) is 5. The van der Waals surface area contributed by atoms with E-state index in [9.17, 15) is 9.59 Å². The summed E-state index contributed by atoms with van der Waals surface area (Å²) in [4.78, 5) is 24.5. The number of amides is 1. The van der Waals surface area contributed by atoms with E-state index in [0.717, 1.165) is 0 Å². The van der Waals surface area contributed by atoms with Crippen molar-refractivity contribution in [2.45, 2.75) is 0 Å². The molecule has 6 nitrogen and oxygen atoms in total. The van der Waals surface area contributed by atoms with Crippen molar-refractivity contribution in [2.24, 2.45) is 0 Å². The summed E-state index contributed by atoms with van der Waals surface area (Å²) >= 11 is 0. The van der Waals surface area contributed by atoms with Gasteiger partial charge in [-0.15, -0.1) is 0 Å². The Labute approximate surface area is 117 Å². The molecule has 20 heavy (non-hydrogen) atoms. The van der Waals surface area contributed by atoms with Crippen molar-refractivity contribution in [3.05, 3.63) is 41.6 Å². The number of benzene rings is 1. The zero-order valence-corrected chi connectivity index (χ0v) is 11.5. The molecule has 6 heteroatoms. The van der Waals surface area contributed by atoms with Crippen LogP contribution in [0.15, 0.2) is 36.0 Å². The zero-order valence-electron chi connectivity index (χ0n) is 11.5. The largest absolute Gasteiger partial charge is 0.465 e. The van der Waals surface area contributed by atoms with Gasteiger partial charge in [-0.1, -0.05) is 6.07 Å². The number of nitrogens with zero attached hydrogens (tertiary/aromatic N) is 2. The lowest BCUT2D eigenvalue weighted by molar-refractivity contribution is -0.135. The van der Waals surface area contributed by atoms with Crippen LogP contribution in [-0.4, -0.2) is 38.0 Å². The van der Waals surface area contributed by atoms with Crippen molar-refractivity contribution in [1.29, 1.82) is 5.26 Å². The number of carbonyl (C=O) groups is 2. The Morgan fingerprint density at radius 3 is 2.65 bits per heavy atom. The second kappa shape index (κ2) is 6.95. The molecule has 0 radical (unpaired) electrons. The molecule has 1 N–H and O–H groups in total. The van der Waals surface area contributed by atoms with Crippen LogP contribution < -0.4 is 5.32 Å². The van der Waals surface area contributed by atoms with Crippen LogP contribution in [-0.2, 0) is 9.53 Å². The Hall–Kier alpha value is -2.81. The monoisotopic (exact) mass is 273 g/mol. The zero-order chi connectivity index (χ0) is 15.1. The van der Waals surface area contributed by atoms with Gasteiger partial charge >= 0.3 is 5.97 Å². The summed E-state index contributed by atoms with van der Waals surface area (Å²) in [7, 11) is 4.52. The summed E-state index contributed by atoms with van der Waals surface area (Å²) in [6.45, 7) is 0. The summed E-state index contributed by atoms with van der Waals surface area (Å²) in [6, 6.07) is 8.46. The summed E-state index contributed by atoms with van der Waals surface area (Å²) in [5.74, 6) is -0.855. The van der Waals surface area contributed by atoms with E-state index in [2.05, 4.69) is 10.1 Å². The van der Waals surface area contributed by atoms with E-state index in [-0.39, 0.29) is 11.5 Å². The maximum atomic E-state index is 11.8. The first kappa shape index (κ1) is 15.2. The van der Waals surface area contributed by atoms with Gasteiger partial charge in [0.15, 0.2) is 5.57 Å². The fraction of sp³-hybridized carbons (Fsp3) is 0.214. The predicted octanol–water partition coefficient (Wildman–Crippen LogP) is 1.38. The number of hydrogen-bond donors (Lipinski definition) is 1. The molecule has 0 aliphatic rings. The number of carbonyl (C=O) groups excluding carboxylic acids is 2. The van der Waals surface area contributed by atoms with E-state index in [0.29, 0.717) is 11.3 Å². The second-order valence-electron chi connectivity index (χ2n) is 4.09. The van der Waals surface area contributed by atoms with E-state index < -0.39 is 5.97 Å². The number of methoxy groups -OCH3 is 1. The molecule has 0 fully saturated rings. The Balaban J connectivity index is 2.92. The highest BCUT2D eigenvalue weighted by Crippen LogP contribution is 2.12. The highest BCUT2D eigenvalue weighted by molar-refractivity contribution is 5.95. The van der Waals surface area contributed by atoms with Crippen LogP contribution in [0.3, 0.4) is 0 Å². The van der Waals surface area contributed by atoms with Crippen molar-refractivity contribution in [2.75, 3.05) is 26.5 Å². The molecule has 0 bridgehead atoms. The third kappa shape index (κ3) is 3.85. The summed E-state index contributed by atoms with van der Waals surface area (Å²) in [5.41, 5.74) is 0.941. The van der Waals surface area contributed by atoms with Gasteiger partial charge in [-0.05, 0) is 18.2 Å². The Morgan fingerprint density at radius 2 is 2.10 bits per heavy atom. The van der Waals surface area contributed by atoms with E-state index >= 15 is 0 Å². The molecule has 0 spiro atoms. The highest BCUT2D eigenvalue weighted by atomic mass is 16.5. The molecule has 0 heterocycles. The Bertz CT molecular complexity index is 586. The number of nitrogens with one attached hydrogen (secondary N) is 1. The molecule has 104 valence electrons. The molecule has 0 aromatic heterocycles. The number of rotatable bonds is 4. The van der Waals surface area contributed by atoms with Crippen LogP contribution in [0.25, 0.3) is 0 Å². The van der Waals surface area contributed by atoms with E-state index in [1.165, 1.54) is 18.2 Å². The molecule has 0 atom stereocenters. The normalized spacial score (nSPS) is 10.4. The molecule has 1 amide bonds. The molecule has 1 aromatic rings. The number of ether oxygens (including phenoxy) is 1. The van der Waals surface area contributed by atoms with Crippen molar-refractivity contribution in [1.82, 2.24) is 4.90 Å². The SMILES string of the molecule is COC(=O)/C(C#N)=C\Nc1cccc(C(=O)N(C)C)c1. The first-order chi connectivity index (χ1) is 9.49. The van der Waals surface area contributed by atoms with Crippen LogP contribution in [0.2, 0.25) is 0 Å². The van der Waals surface area contributed by atoms with E-state index in [4.69, 9.17) is 5.26 Å². The average molecular weight is 273 g/mol. The molecule has 0 unspecified atom stereocenters. The quantitative estimate of drug-likeness (QED) is 0.509. The van der Waals surface area contributed by atoms with E-state index in [1.807, 2.05) is 0 Å². The fourth-order valence-electron chi connectivity index (χ4n) is 1.40. The van der Waals surface area contributed by atoms with Crippen LogP contribution in [0, 0.1) is 11.3 Å². The molecule has 0 aliphatic carbocycles. The lowest BCUT2D eigenvalue weighted by Gasteiger charge is -2.11. The van der Waals surface area contributed by atoms with Crippen molar-refractivity contribution in [3.63, 3.8) is 0 Å². The molecule has 0 aliphatic heterocycles. The number of nitriles is 1. The smallest absolute Gasteiger partial charge is 0.350 e. The van der Waals surface area contributed by atoms with Crippen LogP contribution in [0.4, 0.5) is 5.69 Å². The van der Waals surface area contributed by atoms with Gasteiger partial charge in [0.05, 0.1) is 7.11 Å². The first-order valence-corrected chi connectivity index (χ1v) is 5.76. The highest BCUT2D eigenvalue weighted by Gasteiger charge is 2.09. The van der Waals surface area contributed by atoms with Gasteiger partial charge in [-0.3, -0.25) is 4.79 Å². The fourth-order valence-corrected chi connectivity index (χ4v) is 1.40. The summed E-state index contributed by atoms with van der Waals surface area (Å²) < 4.78 is 4.45. The Kier molecular flexibility index (Phi) is 5.30. The molecule has 0 saturated heterocycles. The van der Waals surface area contributed by atoms with Crippen LogP contribution >= 0.6 is 0 Å². The molecular formula is C14H15N3O3. The molecule has 1 aromatic carbocycles. The standard InChI is InChI=1S/C14H15N3O3/c1-17(2)13(18)10-5-4-6-12(7-10)16-9-11(8-15)14(19)20-3/h4-7,9,16H,1-3H3/b11-9-. The average Bonchev–Trinajstić information content (AvgIpc) is 2.46. The van der Waals surface area contributed by atoms with Gasteiger partial charge in [0.2, 0.25) is 0 Å². The van der Waals surface area contributed by atoms with Gasteiger partial charge in [0, 0.05) is 31.5 Å². The maximum Gasteiger partial charge on any atom is 0.350 e. The van der Waals surface area contributed by atoms with Crippen molar-refractivity contribution >= 4 is 17.6 Å². The third-order valence-corrected chi connectivity index (χ3v) is 2.42. The minimum absolute atomic E-state index is 0.133. The van der Waals surface area contributed by atoms with Crippen LogP contribution in [0.1, 0.15) is 10.4 Å². The predicted molar refractivity (Wildman–Crippen MR) is 73.8 cm³/mol. The van der Waals surface area contributed by atoms with Crippen LogP contribution in [0.5, 0.6) is 0 Å². The summed E-state index contributed by atoms with van der Waals surface area (Å²) in [5, 5.41) is 11.6. The van der Waals surface area contributed by atoms with Gasteiger partial charge < -0.3 is 15.0 Å². The van der Waals surface area contributed by atoms with Gasteiger partial charge in [-0.2, -0.15) is 5.26 Å². The number of anilines is 1. The minimum atomic E-state index is -0.722. The minimum Gasteiger partial charge on any atom is -0.465 e. The van der Waals surface area contributed by atoms with Gasteiger partial charge in [0.25, 0.3) is 5.91 Å². The molecule has 0 saturated carbocycles.